The lowest BCUT2D eigenvalue weighted by molar-refractivity contribution is -0.129. The molecule has 0 saturated heterocycles. The average molecular weight is 303 g/mol. The van der Waals surface area contributed by atoms with Crippen molar-refractivity contribution in [2.75, 3.05) is 7.11 Å². The Kier molecular flexibility index (Phi) is 5.19. The fourth-order valence-electron chi connectivity index (χ4n) is 1.76. The summed E-state index contributed by atoms with van der Waals surface area (Å²) >= 11 is 0. The van der Waals surface area contributed by atoms with Gasteiger partial charge in [0.15, 0.2) is 6.10 Å². The number of rotatable bonds is 6. The lowest BCUT2D eigenvalue weighted by Gasteiger charge is -2.13. The molecule has 0 aliphatic heterocycles. The summed E-state index contributed by atoms with van der Waals surface area (Å²) in [6, 6.07) is 10.0. The zero-order valence-electron chi connectivity index (χ0n) is 12.4. The van der Waals surface area contributed by atoms with E-state index < -0.39 is 18.0 Å². The second kappa shape index (κ2) is 7.31. The first kappa shape index (κ1) is 15.6. The van der Waals surface area contributed by atoms with E-state index in [4.69, 9.17) is 13.9 Å². The molecule has 1 amide bonds. The van der Waals surface area contributed by atoms with Crippen molar-refractivity contribution in [2.24, 2.45) is 0 Å². The zero-order chi connectivity index (χ0) is 15.9. The van der Waals surface area contributed by atoms with Crippen molar-refractivity contribution in [3.05, 3.63) is 54.0 Å². The highest BCUT2D eigenvalue weighted by Gasteiger charge is 2.19. The summed E-state index contributed by atoms with van der Waals surface area (Å²) in [6.45, 7) is 1.75. The SMILES string of the molecule is COc1cccc(C(=O)O[C@@H](C)C(=O)NCc2ccco2)c1. The topological polar surface area (TPSA) is 77.8 Å². The van der Waals surface area contributed by atoms with E-state index in [2.05, 4.69) is 5.32 Å². The molecule has 0 saturated carbocycles. The Bertz CT molecular complexity index is 636. The Labute approximate surface area is 128 Å². The normalized spacial score (nSPS) is 11.5. The van der Waals surface area contributed by atoms with Gasteiger partial charge in [0.25, 0.3) is 5.91 Å². The van der Waals surface area contributed by atoms with Crippen molar-refractivity contribution in [3.8, 4) is 5.75 Å². The largest absolute Gasteiger partial charge is 0.497 e. The Morgan fingerprint density at radius 1 is 1.27 bits per heavy atom. The second-order valence-corrected chi connectivity index (χ2v) is 4.58. The van der Waals surface area contributed by atoms with E-state index in [9.17, 15) is 9.59 Å². The predicted molar refractivity (Wildman–Crippen MR) is 78.4 cm³/mol. The molecule has 2 rings (SSSR count). The van der Waals surface area contributed by atoms with E-state index in [0.29, 0.717) is 17.1 Å². The summed E-state index contributed by atoms with van der Waals surface area (Å²) in [5, 5.41) is 2.63. The first-order valence-electron chi connectivity index (χ1n) is 6.75. The molecule has 1 heterocycles. The molecule has 2 aromatic rings. The van der Waals surface area contributed by atoms with Gasteiger partial charge >= 0.3 is 5.97 Å². The predicted octanol–water partition coefficient (Wildman–Crippen LogP) is 2.15. The Morgan fingerprint density at radius 2 is 2.09 bits per heavy atom. The Morgan fingerprint density at radius 3 is 2.77 bits per heavy atom. The van der Waals surface area contributed by atoms with Crippen molar-refractivity contribution >= 4 is 11.9 Å². The molecular weight excluding hydrogens is 286 g/mol. The molecule has 0 radical (unpaired) electrons. The van der Waals surface area contributed by atoms with Gasteiger partial charge in [-0.2, -0.15) is 0 Å². The highest BCUT2D eigenvalue weighted by Crippen LogP contribution is 2.14. The van der Waals surface area contributed by atoms with Crippen molar-refractivity contribution in [3.63, 3.8) is 0 Å². The van der Waals surface area contributed by atoms with E-state index in [1.165, 1.54) is 20.3 Å². The Balaban J connectivity index is 1.88. The van der Waals surface area contributed by atoms with Crippen molar-refractivity contribution in [1.82, 2.24) is 5.32 Å². The number of ether oxygens (including phenoxy) is 2. The fourth-order valence-corrected chi connectivity index (χ4v) is 1.76. The molecule has 0 fully saturated rings. The van der Waals surface area contributed by atoms with Gasteiger partial charge in [0.1, 0.15) is 11.5 Å². The van der Waals surface area contributed by atoms with Crippen LogP contribution in [0.25, 0.3) is 0 Å². The molecule has 1 aromatic carbocycles. The quantitative estimate of drug-likeness (QED) is 0.827. The maximum Gasteiger partial charge on any atom is 0.339 e. The van der Waals surface area contributed by atoms with Gasteiger partial charge in [0.2, 0.25) is 0 Å². The Hall–Kier alpha value is -2.76. The first-order valence-corrected chi connectivity index (χ1v) is 6.75. The lowest BCUT2D eigenvalue weighted by Crippen LogP contribution is -2.35. The lowest BCUT2D eigenvalue weighted by atomic mass is 10.2. The number of hydrogen-bond acceptors (Lipinski definition) is 5. The maximum absolute atomic E-state index is 12.0. The minimum atomic E-state index is -0.909. The van der Waals surface area contributed by atoms with Crippen LogP contribution in [-0.2, 0) is 16.1 Å². The minimum Gasteiger partial charge on any atom is -0.497 e. The van der Waals surface area contributed by atoms with Crippen molar-refractivity contribution in [2.45, 2.75) is 19.6 Å². The number of hydrogen-bond donors (Lipinski definition) is 1. The second-order valence-electron chi connectivity index (χ2n) is 4.58. The number of furan rings is 1. The van der Waals surface area contributed by atoms with Crippen LogP contribution in [-0.4, -0.2) is 25.1 Å². The molecule has 0 aliphatic rings. The number of methoxy groups -OCH3 is 1. The van der Waals surface area contributed by atoms with Crippen molar-refractivity contribution < 1.29 is 23.5 Å². The van der Waals surface area contributed by atoms with Gasteiger partial charge in [-0.25, -0.2) is 4.79 Å². The average Bonchev–Trinajstić information content (AvgIpc) is 3.05. The van der Waals surface area contributed by atoms with Gasteiger partial charge in [-0.3, -0.25) is 4.79 Å². The molecule has 0 spiro atoms. The maximum atomic E-state index is 12.0. The molecule has 1 aromatic heterocycles. The van der Waals surface area contributed by atoms with Crippen LogP contribution >= 0.6 is 0 Å². The monoisotopic (exact) mass is 303 g/mol. The third-order valence-electron chi connectivity index (χ3n) is 2.98. The molecule has 0 aliphatic carbocycles. The summed E-state index contributed by atoms with van der Waals surface area (Å²) in [5.41, 5.74) is 0.324. The van der Waals surface area contributed by atoms with Crippen molar-refractivity contribution in [1.29, 1.82) is 0 Å². The molecule has 116 valence electrons. The number of amides is 1. The third kappa shape index (κ3) is 4.12. The number of benzene rings is 1. The highest BCUT2D eigenvalue weighted by atomic mass is 16.5. The van der Waals surface area contributed by atoms with Crippen LogP contribution < -0.4 is 10.1 Å². The third-order valence-corrected chi connectivity index (χ3v) is 2.98. The van der Waals surface area contributed by atoms with Crippen LogP contribution in [0.15, 0.2) is 47.1 Å². The molecule has 6 nitrogen and oxygen atoms in total. The number of nitrogens with one attached hydrogen (secondary N) is 1. The van der Waals surface area contributed by atoms with E-state index in [0.717, 1.165) is 0 Å². The highest BCUT2D eigenvalue weighted by molar-refractivity contribution is 5.92. The standard InChI is InChI=1S/C16H17NO5/c1-11(15(18)17-10-14-7-4-8-21-14)22-16(19)12-5-3-6-13(9-12)20-2/h3-9,11H,10H2,1-2H3,(H,17,18)/t11-/m0/s1. The van der Waals surface area contributed by atoms with E-state index in [1.807, 2.05) is 0 Å². The van der Waals surface area contributed by atoms with E-state index in [1.54, 1.807) is 36.4 Å². The van der Waals surface area contributed by atoms with Crippen LogP contribution in [0.4, 0.5) is 0 Å². The summed E-state index contributed by atoms with van der Waals surface area (Å²) < 4.78 is 15.3. The zero-order valence-corrected chi connectivity index (χ0v) is 12.4. The molecule has 1 N–H and O–H groups in total. The van der Waals surface area contributed by atoms with Crippen LogP contribution in [0.5, 0.6) is 5.75 Å². The molecular formula is C16H17NO5. The molecule has 0 bridgehead atoms. The van der Waals surface area contributed by atoms with Crippen LogP contribution in [0.2, 0.25) is 0 Å². The molecule has 22 heavy (non-hydrogen) atoms. The van der Waals surface area contributed by atoms with E-state index in [-0.39, 0.29) is 6.54 Å². The number of carbonyl (C=O) groups excluding carboxylic acids is 2. The fraction of sp³-hybridized carbons (Fsp3) is 0.250. The number of esters is 1. The summed E-state index contributed by atoms with van der Waals surface area (Å²) in [5.74, 6) is 0.191. The first-order chi connectivity index (χ1) is 10.6. The smallest absolute Gasteiger partial charge is 0.339 e. The summed E-state index contributed by atoms with van der Waals surface area (Å²) in [7, 11) is 1.51. The number of carbonyl (C=O) groups is 2. The molecule has 1 atom stereocenters. The van der Waals surface area contributed by atoms with Gasteiger partial charge in [0.05, 0.1) is 25.5 Å². The molecule has 0 unspecified atom stereocenters. The van der Waals surface area contributed by atoms with E-state index >= 15 is 0 Å². The van der Waals surface area contributed by atoms with Gasteiger partial charge in [-0.15, -0.1) is 0 Å². The summed E-state index contributed by atoms with van der Waals surface area (Å²) in [6.07, 6.45) is 0.613. The van der Waals surface area contributed by atoms with Crippen LogP contribution in [0.1, 0.15) is 23.0 Å². The summed E-state index contributed by atoms with van der Waals surface area (Å²) in [4.78, 5) is 23.9. The van der Waals surface area contributed by atoms with Crippen LogP contribution in [0.3, 0.4) is 0 Å². The minimum absolute atomic E-state index is 0.243. The van der Waals surface area contributed by atoms with Crippen LogP contribution in [0, 0.1) is 0 Å². The molecule has 6 heteroatoms. The van der Waals surface area contributed by atoms with Gasteiger partial charge in [-0.05, 0) is 37.3 Å². The van der Waals surface area contributed by atoms with Gasteiger partial charge in [0, 0.05) is 0 Å². The van der Waals surface area contributed by atoms with Gasteiger partial charge < -0.3 is 19.2 Å². The van der Waals surface area contributed by atoms with Gasteiger partial charge in [-0.1, -0.05) is 6.07 Å².